The highest BCUT2D eigenvalue weighted by Crippen LogP contribution is 2.27. The maximum absolute atomic E-state index is 5.99. The molecule has 0 aliphatic heterocycles. The number of nitrogens with two attached hydrogens (primary N) is 1. The van der Waals surface area contributed by atoms with Gasteiger partial charge in [-0.15, -0.1) is 0 Å². The second-order valence-corrected chi connectivity index (χ2v) is 5.37. The van der Waals surface area contributed by atoms with Crippen LogP contribution in [0.3, 0.4) is 0 Å². The second kappa shape index (κ2) is 5.76. The molecule has 0 fully saturated rings. The van der Waals surface area contributed by atoms with Crippen molar-refractivity contribution in [3.63, 3.8) is 0 Å². The number of nitrogen functional groups attached to an aromatic ring is 1. The molecule has 0 atom stereocenters. The Labute approximate surface area is 131 Å². The summed E-state index contributed by atoms with van der Waals surface area (Å²) in [5.74, 6) is 1.01. The van der Waals surface area contributed by atoms with Crippen molar-refractivity contribution in [2.45, 2.75) is 6.42 Å². The zero-order chi connectivity index (χ0) is 14.8. The van der Waals surface area contributed by atoms with Gasteiger partial charge < -0.3 is 10.3 Å². The lowest BCUT2D eigenvalue weighted by molar-refractivity contribution is 0.385. The molecular formula is C15H11Cl2N3O. The molecule has 0 aliphatic carbocycles. The van der Waals surface area contributed by atoms with E-state index >= 15 is 0 Å². The number of nitrogens with zero attached hydrogens (tertiary/aromatic N) is 2. The second-order valence-electron chi connectivity index (χ2n) is 4.56. The first-order valence-corrected chi connectivity index (χ1v) is 7.00. The van der Waals surface area contributed by atoms with Gasteiger partial charge >= 0.3 is 0 Å². The molecule has 21 heavy (non-hydrogen) atoms. The summed E-state index contributed by atoms with van der Waals surface area (Å²) >= 11 is 11.9. The summed E-state index contributed by atoms with van der Waals surface area (Å²) in [6, 6.07) is 12.7. The first kappa shape index (κ1) is 13.9. The van der Waals surface area contributed by atoms with E-state index in [1.165, 1.54) is 0 Å². The van der Waals surface area contributed by atoms with Crippen molar-refractivity contribution in [2.75, 3.05) is 5.73 Å². The van der Waals surface area contributed by atoms with Crippen LogP contribution in [0.2, 0.25) is 10.0 Å². The predicted octanol–water partition coefficient (Wildman–Crippen LogP) is 4.22. The van der Waals surface area contributed by atoms with Crippen molar-refractivity contribution in [2.24, 2.45) is 0 Å². The third-order valence-electron chi connectivity index (χ3n) is 2.98. The molecule has 4 nitrogen and oxygen atoms in total. The van der Waals surface area contributed by atoms with Crippen LogP contribution < -0.4 is 5.73 Å². The van der Waals surface area contributed by atoms with Crippen molar-refractivity contribution in [3.8, 4) is 11.4 Å². The smallest absolute Gasteiger partial charge is 0.231 e. The number of benzene rings is 2. The average Bonchev–Trinajstić information content (AvgIpc) is 2.93. The topological polar surface area (TPSA) is 64.9 Å². The third-order valence-corrected chi connectivity index (χ3v) is 3.72. The SMILES string of the molecule is Nc1ccc(Cc2nc(-c3ccc(Cl)c(Cl)c3)no2)cc1. The summed E-state index contributed by atoms with van der Waals surface area (Å²) < 4.78 is 5.25. The van der Waals surface area contributed by atoms with E-state index in [0.717, 1.165) is 16.8 Å². The highest BCUT2D eigenvalue weighted by atomic mass is 35.5. The molecule has 0 amide bonds. The molecule has 2 aromatic carbocycles. The molecule has 0 unspecified atom stereocenters. The van der Waals surface area contributed by atoms with Gasteiger partial charge in [0.1, 0.15) is 0 Å². The summed E-state index contributed by atoms with van der Waals surface area (Å²) in [5, 5.41) is 4.91. The molecule has 6 heteroatoms. The van der Waals surface area contributed by atoms with Gasteiger partial charge in [0.25, 0.3) is 0 Å². The minimum absolute atomic E-state index is 0.457. The molecule has 1 heterocycles. The molecule has 1 aromatic heterocycles. The van der Waals surface area contributed by atoms with E-state index < -0.39 is 0 Å². The van der Waals surface area contributed by atoms with E-state index in [0.29, 0.717) is 28.2 Å². The highest BCUT2D eigenvalue weighted by Gasteiger charge is 2.10. The minimum atomic E-state index is 0.457. The van der Waals surface area contributed by atoms with Gasteiger partial charge in [0.05, 0.1) is 16.5 Å². The Morgan fingerprint density at radius 1 is 1.00 bits per heavy atom. The number of anilines is 1. The maximum atomic E-state index is 5.99. The molecule has 0 radical (unpaired) electrons. The van der Waals surface area contributed by atoms with Gasteiger partial charge in [0, 0.05) is 11.3 Å². The summed E-state index contributed by atoms with van der Waals surface area (Å²) in [5.41, 5.74) is 8.19. The Kier molecular flexibility index (Phi) is 3.82. The summed E-state index contributed by atoms with van der Waals surface area (Å²) in [7, 11) is 0. The molecule has 106 valence electrons. The van der Waals surface area contributed by atoms with Crippen LogP contribution in [-0.4, -0.2) is 10.1 Å². The molecular weight excluding hydrogens is 309 g/mol. The van der Waals surface area contributed by atoms with E-state index in [1.54, 1.807) is 18.2 Å². The fourth-order valence-electron chi connectivity index (χ4n) is 1.89. The summed E-state index contributed by atoms with van der Waals surface area (Å²) in [4.78, 5) is 4.36. The predicted molar refractivity (Wildman–Crippen MR) is 83.4 cm³/mol. The van der Waals surface area contributed by atoms with Crippen molar-refractivity contribution in [3.05, 3.63) is 64.0 Å². The minimum Gasteiger partial charge on any atom is -0.399 e. The van der Waals surface area contributed by atoms with E-state index in [9.17, 15) is 0 Å². The molecule has 0 spiro atoms. The third kappa shape index (κ3) is 3.17. The van der Waals surface area contributed by atoms with Crippen molar-refractivity contribution in [1.82, 2.24) is 10.1 Å². The quantitative estimate of drug-likeness (QED) is 0.734. The lowest BCUT2D eigenvalue weighted by Gasteiger charge is -1.98. The Hall–Kier alpha value is -2.04. The fraction of sp³-hybridized carbons (Fsp3) is 0.0667. The average molecular weight is 320 g/mol. The van der Waals surface area contributed by atoms with Crippen LogP contribution in [0.25, 0.3) is 11.4 Å². The monoisotopic (exact) mass is 319 g/mol. The lowest BCUT2D eigenvalue weighted by Crippen LogP contribution is -1.90. The van der Waals surface area contributed by atoms with Gasteiger partial charge in [-0.05, 0) is 35.9 Å². The van der Waals surface area contributed by atoms with Crippen LogP contribution in [0.5, 0.6) is 0 Å². The van der Waals surface area contributed by atoms with Crippen LogP contribution >= 0.6 is 23.2 Å². The van der Waals surface area contributed by atoms with Crippen LogP contribution in [0.4, 0.5) is 5.69 Å². The maximum Gasteiger partial charge on any atom is 0.231 e. The molecule has 3 aromatic rings. The molecule has 3 rings (SSSR count). The molecule has 0 bridgehead atoms. The van der Waals surface area contributed by atoms with Crippen LogP contribution in [0, 0.1) is 0 Å². The van der Waals surface area contributed by atoms with Gasteiger partial charge in [-0.25, -0.2) is 0 Å². The number of aromatic nitrogens is 2. The Bertz CT molecular complexity index is 769. The first-order valence-electron chi connectivity index (χ1n) is 6.24. The van der Waals surface area contributed by atoms with E-state index in [2.05, 4.69) is 10.1 Å². The van der Waals surface area contributed by atoms with Gasteiger partial charge in [-0.2, -0.15) is 4.98 Å². The van der Waals surface area contributed by atoms with Crippen LogP contribution in [-0.2, 0) is 6.42 Å². The number of hydrogen-bond donors (Lipinski definition) is 1. The normalized spacial score (nSPS) is 10.8. The van der Waals surface area contributed by atoms with Gasteiger partial charge in [-0.1, -0.05) is 40.5 Å². The zero-order valence-electron chi connectivity index (χ0n) is 10.9. The highest BCUT2D eigenvalue weighted by molar-refractivity contribution is 6.42. The molecule has 0 aliphatic rings. The van der Waals surface area contributed by atoms with Crippen molar-refractivity contribution in [1.29, 1.82) is 0 Å². The number of halogens is 2. The number of hydrogen-bond acceptors (Lipinski definition) is 4. The first-order chi connectivity index (χ1) is 10.1. The largest absolute Gasteiger partial charge is 0.399 e. The molecule has 0 saturated heterocycles. The lowest BCUT2D eigenvalue weighted by atomic mass is 10.1. The molecule has 0 saturated carbocycles. The zero-order valence-corrected chi connectivity index (χ0v) is 12.4. The summed E-state index contributed by atoms with van der Waals surface area (Å²) in [6.45, 7) is 0. The van der Waals surface area contributed by atoms with Gasteiger partial charge in [-0.3, -0.25) is 0 Å². The van der Waals surface area contributed by atoms with E-state index in [1.807, 2.05) is 24.3 Å². The Morgan fingerprint density at radius 2 is 1.76 bits per heavy atom. The van der Waals surface area contributed by atoms with Gasteiger partial charge in [0.2, 0.25) is 11.7 Å². The Morgan fingerprint density at radius 3 is 2.48 bits per heavy atom. The standard InChI is InChI=1S/C15H11Cl2N3O/c16-12-6-3-10(8-13(12)17)15-19-14(21-20-15)7-9-1-4-11(18)5-2-9/h1-6,8H,7,18H2. The fourth-order valence-corrected chi connectivity index (χ4v) is 2.19. The van der Waals surface area contributed by atoms with E-state index in [-0.39, 0.29) is 0 Å². The van der Waals surface area contributed by atoms with Crippen LogP contribution in [0.15, 0.2) is 47.0 Å². The van der Waals surface area contributed by atoms with Gasteiger partial charge in [0.15, 0.2) is 0 Å². The molecule has 2 N–H and O–H groups in total. The number of rotatable bonds is 3. The van der Waals surface area contributed by atoms with Crippen molar-refractivity contribution < 1.29 is 4.52 Å². The van der Waals surface area contributed by atoms with Crippen molar-refractivity contribution >= 4 is 28.9 Å². The Balaban J connectivity index is 1.82. The summed E-state index contributed by atoms with van der Waals surface area (Å²) in [6.07, 6.45) is 0.550. The van der Waals surface area contributed by atoms with E-state index in [4.69, 9.17) is 33.5 Å². The van der Waals surface area contributed by atoms with Crippen LogP contribution in [0.1, 0.15) is 11.5 Å².